The van der Waals surface area contributed by atoms with E-state index in [0.29, 0.717) is 6.04 Å². The highest BCUT2D eigenvalue weighted by Gasteiger charge is 2.20. The van der Waals surface area contributed by atoms with Gasteiger partial charge < -0.3 is 5.32 Å². The summed E-state index contributed by atoms with van der Waals surface area (Å²) in [4.78, 5) is 0. The maximum absolute atomic E-state index is 3.74. The number of hydrogen-bond donors (Lipinski definition) is 1. The molecule has 1 aromatic rings. The molecule has 0 fully saturated rings. The first-order chi connectivity index (χ1) is 8.93. The van der Waals surface area contributed by atoms with Crippen LogP contribution in [0.1, 0.15) is 55.7 Å². The van der Waals surface area contributed by atoms with E-state index in [2.05, 4.69) is 35.7 Å². The molecule has 0 amide bonds. The van der Waals surface area contributed by atoms with Gasteiger partial charge in [0.1, 0.15) is 0 Å². The number of hydrogen-bond acceptors (Lipinski definition) is 1. The Balaban J connectivity index is 1.51. The topological polar surface area (TPSA) is 12.0 Å². The Kier molecular flexibility index (Phi) is 3.80. The maximum atomic E-state index is 3.74. The van der Waals surface area contributed by atoms with Crippen LogP contribution in [0.2, 0.25) is 0 Å². The van der Waals surface area contributed by atoms with Gasteiger partial charge in [-0.05, 0) is 62.6 Å². The van der Waals surface area contributed by atoms with E-state index in [9.17, 15) is 0 Å². The lowest BCUT2D eigenvalue weighted by atomic mass is 9.97. The Bertz CT molecular complexity index is 433. The summed E-state index contributed by atoms with van der Waals surface area (Å²) >= 11 is 0. The molecule has 3 rings (SSSR count). The number of benzene rings is 1. The van der Waals surface area contributed by atoms with Gasteiger partial charge in [-0.25, -0.2) is 0 Å². The highest BCUT2D eigenvalue weighted by Crippen LogP contribution is 2.30. The van der Waals surface area contributed by atoms with Gasteiger partial charge in [0.2, 0.25) is 0 Å². The molecule has 1 heteroatoms. The van der Waals surface area contributed by atoms with Crippen molar-refractivity contribution in [2.45, 2.75) is 51.0 Å². The highest BCUT2D eigenvalue weighted by molar-refractivity contribution is 5.34. The van der Waals surface area contributed by atoms with Crippen molar-refractivity contribution in [1.29, 1.82) is 0 Å². The van der Waals surface area contributed by atoms with Gasteiger partial charge in [-0.3, -0.25) is 0 Å². The standard InChI is InChI=1S/C17H23N/c1-2-6-14(7-3-1)12-13-18-17-11-10-15-8-4-5-9-16(15)17/h4-6,8-9,17-18H,1-3,7,10-13H2. The molecule has 0 saturated heterocycles. The summed E-state index contributed by atoms with van der Waals surface area (Å²) in [7, 11) is 0. The molecule has 0 aromatic heterocycles. The summed E-state index contributed by atoms with van der Waals surface area (Å²) in [5, 5.41) is 3.74. The maximum Gasteiger partial charge on any atom is 0.0326 e. The first-order valence-corrected chi connectivity index (χ1v) is 7.42. The minimum absolute atomic E-state index is 0.602. The molecule has 0 heterocycles. The smallest absolute Gasteiger partial charge is 0.0326 e. The molecule has 96 valence electrons. The average molecular weight is 241 g/mol. The van der Waals surface area contributed by atoms with Gasteiger partial charge in [0, 0.05) is 6.04 Å². The molecule has 0 radical (unpaired) electrons. The summed E-state index contributed by atoms with van der Waals surface area (Å²) in [6, 6.07) is 9.50. The second-order valence-corrected chi connectivity index (χ2v) is 5.60. The summed E-state index contributed by atoms with van der Waals surface area (Å²) in [5.74, 6) is 0. The quantitative estimate of drug-likeness (QED) is 0.781. The largest absolute Gasteiger partial charge is 0.310 e. The van der Waals surface area contributed by atoms with Crippen LogP contribution < -0.4 is 5.32 Å². The normalized spacial score (nSPS) is 22.7. The van der Waals surface area contributed by atoms with E-state index in [1.807, 2.05) is 0 Å². The summed E-state index contributed by atoms with van der Waals surface area (Å²) < 4.78 is 0. The van der Waals surface area contributed by atoms with Gasteiger partial charge in [-0.15, -0.1) is 0 Å². The lowest BCUT2D eigenvalue weighted by Gasteiger charge is -2.16. The van der Waals surface area contributed by atoms with Gasteiger partial charge in [0.15, 0.2) is 0 Å². The van der Waals surface area contributed by atoms with Gasteiger partial charge in [0.05, 0.1) is 0 Å². The lowest BCUT2D eigenvalue weighted by molar-refractivity contribution is 0.525. The van der Waals surface area contributed by atoms with E-state index in [4.69, 9.17) is 0 Å². The summed E-state index contributed by atoms with van der Waals surface area (Å²) in [6.45, 7) is 1.14. The number of allylic oxidation sites excluding steroid dienone is 1. The van der Waals surface area contributed by atoms with Crippen LogP contribution in [0.25, 0.3) is 0 Å². The van der Waals surface area contributed by atoms with Crippen LogP contribution >= 0.6 is 0 Å². The number of rotatable bonds is 4. The Morgan fingerprint density at radius 2 is 2.06 bits per heavy atom. The number of fused-ring (bicyclic) bond motifs is 1. The molecule has 1 nitrogen and oxygen atoms in total. The highest BCUT2D eigenvalue weighted by atomic mass is 14.9. The van der Waals surface area contributed by atoms with E-state index in [1.54, 1.807) is 11.1 Å². The fourth-order valence-electron chi connectivity index (χ4n) is 3.31. The fourth-order valence-corrected chi connectivity index (χ4v) is 3.31. The fraction of sp³-hybridized carbons (Fsp3) is 0.529. The van der Waals surface area contributed by atoms with Crippen LogP contribution in [0.4, 0.5) is 0 Å². The molecule has 0 bridgehead atoms. The zero-order valence-corrected chi connectivity index (χ0v) is 11.1. The SMILES string of the molecule is C1=C(CCNC2CCc3ccccc32)CCCC1. The van der Waals surface area contributed by atoms with Crippen molar-refractivity contribution in [3.05, 3.63) is 47.0 Å². The molecule has 1 unspecified atom stereocenters. The summed E-state index contributed by atoms with van der Waals surface area (Å²) in [6.07, 6.45) is 11.7. The molecule has 0 saturated carbocycles. The van der Waals surface area contributed by atoms with E-state index in [-0.39, 0.29) is 0 Å². The predicted molar refractivity (Wildman–Crippen MR) is 76.7 cm³/mol. The Hall–Kier alpha value is -1.08. The van der Waals surface area contributed by atoms with Gasteiger partial charge >= 0.3 is 0 Å². The van der Waals surface area contributed by atoms with E-state index in [1.165, 1.54) is 50.5 Å². The zero-order chi connectivity index (χ0) is 12.2. The van der Waals surface area contributed by atoms with Gasteiger partial charge in [-0.1, -0.05) is 35.9 Å². The van der Waals surface area contributed by atoms with Crippen molar-refractivity contribution < 1.29 is 0 Å². The van der Waals surface area contributed by atoms with Crippen LogP contribution in [0, 0.1) is 0 Å². The van der Waals surface area contributed by atoms with E-state index >= 15 is 0 Å². The van der Waals surface area contributed by atoms with Crippen LogP contribution in [0.5, 0.6) is 0 Å². The molecular weight excluding hydrogens is 218 g/mol. The number of nitrogens with one attached hydrogen (secondary N) is 1. The minimum atomic E-state index is 0.602. The van der Waals surface area contributed by atoms with Crippen LogP contribution in [-0.2, 0) is 6.42 Å². The molecule has 1 aromatic carbocycles. The molecule has 18 heavy (non-hydrogen) atoms. The van der Waals surface area contributed by atoms with Crippen molar-refractivity contribution in [3.63, 3.8) is 0 Å². The predicted octanol–water partition coefficient (Wildman–Crippen LogP) is 4.15. The Morgan fingerprint density at radius 3 is 2.94 bits per heavy atom. The van der Waals surface area contributed by atoms with Crippen molar-refractivity contribution in [1.82, 2.24) is 5.32 Å². The Labute approximate surface area is 110 Å². The van der Waals surface area contributed by atoms with Crippen LogP contribution in [0.3, 0.4) is 0 Å². The van der Waals surface area contributed by atoms with Crippen molar-refractivity contribution in [2.24, 2.45) is 0 Å². The molecule has 0 aliphatic heterocycles. The molecule has 1 N–H and O–H groups in total. The minimum Gasteiger partial charge on any atom is -0.310 e. The van der Waals surface area contributed by atoms with Crippen LogP contribution in [-0.4, -0.2) is 6.54 Å². The number of aryl methyl sites for hydroxylation is 1. The average Bonchev–Trinajstić information content (AvgIpc) is 2.84. The van der Waals surface area contributed by atoms with Gasteiger partial charge in [0.25, 0.3) is 0 Å². The van der Waals surface area contributed by atoms with Crippen molar-refractivity contribution in [3.8, 4) is 0 Å². The van der Waals surface area contributed by atoms with Crippen LogP contribution in [0.15, 0.2) is 35.9 Å². The molecule has 2 aliphatic carbocycles. The second kappa shape index (κ2) is 5.71. The third-order valence-corrected chi connectivity index (χ3v) is 4.35. The molecule has 0 spiro atoms. The lowest BCUT2D eigenvalue weighted by Crippen LogP contribution is -2.21. The third-order valence-electron chi connectivity index (χ3n) is 4.35. The Morgan fingerprint density at radius 1 is 1.11 bits per heavy atom. The van der Waals surface area contributed by atoms with Crippen molar-refractivity contribution in [2.75, 3.05) is 6.54 Å². The zero-order valence-electron chi connectivity index (χ0n) is 11.1. The molecule has 2 aliphatic rings. The summed E-state index contributed by atoms with van der Waals surface area (Å²) in [5.41, 5.74) is 4.77. The third kappa shape index (κ3) is 2.67. The van der Waals surface area contributed by atoms with Crippen molar-refractivity contribution >= 4 is 0 Å². The molecule has 1 atom stereocenters. The molecular formula is C17H23N. The van der Waals surface area contributed by atoms with Gasteiger partial charge in [-0.2, -0.15) is 0 Å². The second-order valence-electron chi connectivity index (χ2n) is 5.60. The first-order valence-electron chi connectivity index (χ1n) is 7.42. The first kappa shape index (κ1) is 12.0. The monoisotopic (exact) mass is 241 g/mol. The van der Waals surface area contributed by atoms with E-state index < -0.39 is 0 Å². The van der Waals surface area contributed by atoms with E-state index in [0.717, 1.165) is 6.54 Å².